The van der Waals surface area contributed by atoms with E-state index in [1.54, 1.807) is 0 Å². The van der Waals surface area contributed by atoms with Crippen LogP contribution in [0.25, 0.3) is 0 Å². The zero-order chi connectivity index (χ0) is 17.0. The molecule has 2 aliphatic heterocycles. The quantitative estimate of drug-likeness (QED) is 0.772. The van der Waals surface area contributed by atoms with Crippen molar-refractivity contribution in [1.29, 1.82) is 0 Å². The number of piperidine rings is 2. The lowest BCUT2D eigenvalue weighted by atomic mass is 9.84. The van der Waals surface area contributed by atoms with E-state index in [1.165, 1.54) is 51.9 Å². The fraction of sp³-hybridized carbons (Fsp3) is 0.722. The Kier molecular flexibility index (Phi) is 5.92. The number of hydrogen-bond acceptors (Lipinski definition) is 5. The molecular formula is C18H32BN5. The third kappa shape index (κ3) is 4.17. The van der Waals surface area contributed by atoms with Crippen LogP contribution < -0.4 is 11.1 Å². The highest BCUT2D eigenvalue weighted by atomic mass is 15.2. The van der Waals surface area contributed by atoms with Gasteiger partial charge in [0.1, 0.15) is 0 Å². The van der Waals surface area contributed by atoms with Crippen molar-refractivity contribution < 1.29 is 0 Å². The summed E-state index contributed by atoms with van der Waals surface area (Å²) in [5.41, 5.74) is 7.44. The summed E-state index contributed by atoms with van der Waals surface area (Å²) in [6.07, 6.45) is 6.84. The predicted octanol–water partition coefficient (Wildman–Crippen LogP) is 0.538. The van der Waals surface area contributed by atoms with Gasteiger partial charge in [-0.1, -0.05) is 6.07 Å². The molecule has 0 spiro atoms. The highest BCUT2D eigenvalue weighted by molar-refractivity contribution is 6.04. The van der Waals surface area contributed by atoms with Gasteiger partial charge >= 0.3 is 0 Å². The summed E-state index contributed by atoms with van der Waals surface area (Å²) >= 11 is 0. The first-order valence-corrected chi connectivity index (χ1v) is 9.41. The minimum atomic E-state index is 0.168. The average Bonchev–Trinajstić information content (AvgIpc) is 2.63. The van der Waals surface area contributed by atoms with Crippen molar-refractivity contribution in [3.05, 3.63) is 30.1 Å². The van der Waals surface area contributed by atoms with Crippen molar-refractivity contribution >= 4 is 7.98 Å². The van der Waals surface area contributed by atoms with Crippen molar-refractivity contribution in [3.8, 4) is 0 Å². The summed E-state index contributed by atoms with van der Waals surface area (Å²) in [4.78, 5) is 9.65. The molecule has 0 aromatic carbocycles. The molecule has 0 amide bonds. The third-order valence-electron chi connectivity index (χ3n) is 6.04. The first-order chi connectivity index (χ1) is 11.6. The van der Waals surface area contributed by atoms with E-state index in [-0.39, 0.29) is 6.04 Å². The second-order valence-electron chi connectivity index (χ2n) is 7.77. The van der Waals surface area contributed by atoms with Crippen LogP contribution in [0.4, 0.5) is 0 Å². The first-order valence-electron chi connectivity index (χ1n) is 9.41. The summed E-state index contributed by atoms with van der Waals surface area (Å²) in [5, 5.41) is 3.74. The lowest BCUT2D eigenvalue weighted by Gasteiger charge is -2.49. The second kappa shape index (κ2) is 7.96. The van der Waals surface area contributed by atoms with Crippen molar-refractivity contribution in [1.82, 2.24) is 20.0 Å². The highest BCUT2D eigenvalue weighted by Crippen LogP contribution is 2.30. The standard InChI is InChI=1S/C18H32BN5/c1-18(7-12-24(19)13-8-18)23-10-5-15(6-11-23)22-17(14-20)16-4-2-3-9-21-16/h2-4,9,15,17,22H,5-8,10-14,19-20H2,1H3/t17-/m0/s1. The van der Waals surface area contributed by atoms with Crippen LogP contribution in [0.2, 0.25) is 0 Å². The van der Waals surface area contributed by atoms with Crippen molar-refractivity contribution in [3.63, 3.8) is 0 Å². The van der Waals surface area contributed by atoms with Gasteiger partial charge in [-0.2, -0.15) is 0 Å². The van der Waals surface area contributed by atoms with E-state index >= 15 is 0 Å². The zero-order valence-electron chi connectivity index (χ0n) is 15.2. The fourth-order valence-corrected chi connectivity index (χ4v) is 4.14. The van der Waals surface area contributed by atoms with Crippen molar-refractivity contribution in [2.24, 2.45) is 5.73 Å². The molecule has 3 heterocycles. The first kappa shape index (κ1) is 17.9. The number of aromatic nitrogens is 1. The molecule has 0 aliphatic carbocycles. The SMILES string of the molecule is BN1CCC(C)(N2CCC(N[C@@H](CN)c3ccccn3)CC2)CC1. The molecule has 2 fully saturated rings. The normalized spacial score (nSPS) is 24.8. The molecule has 0 saturated carbocycles. The monoisotopic (exact) mass is 329 g/mol. The van der Waals surface area contributed by atoms with E-state index < -0.39 is 0 Å². The Hall–Kier alpha value is -0.945. The summed E-state index contributed by atoms with van der Waals surface area (Å²) in [5.74, 6) is 0. The molecule has 0 bridgehead atoms. The number of pyridine rings is 1. The van der Waals surface area contributed by atoms with Gasteiger partial charge in [-0.15, -0.1) is 0 Å². The van der Waals surface area contributed by atoms with Gasteiger partial charge in [0.2, 0.25) is 0 Å². The second-order valence-corrected chi connectivity index (χ2v) is 7.77. The van der Waals surface area contributed by atoms with E-state index in [4.69, 9.17) is 5.73 Å². The Morgan fingerprint density at radius 1 is 1.29 bits per heavy atom. The summed E-state index contributed by atoms with van der Waals surface area (Å²) < 4.78 is 0. The molecule has 6 heteroatoms. The van der Waals surface area contributed by atoms with Crippen LogP contribution in [0.1, 0.15) is 44.3 Å². The molecular weight excluding hydrogens is 297 g/mol. The summed E-state index contributed by atoms with van der Waals surface area (Å²) in [6.45, 7) is 7.90. The molecule has 1 aromatic rings. The Morgan fingerprint density at radius 2 is 2.00 bits per heavy atom. The largest absolute Gasteiger partial charge is 0.349 e. The van der Waals surface area contributed by atoms with Crippen molar-refractivity contribution in [2.75, 3.05) is 32.7 Å². The highest BCUT2D eigenvalue weighted by Gasteiger charge is 2.36. The van der Waals surface area contributed by atoms with E-state index in [0.29, 0.717) is 18.1 Å². The number of nitrogens with two attached hydrogens (primary N) is 1. The molecule has 2 saturated heterocycles. The van der Waals surface area contributed by atoms with Gasteiger partial charge in [0.05, 0.1) is 11.7 Å². The Labute approximate surface area is 147 Å². The van der Waals surface area contributed by atoms with Crippen LogP contribution in [0.15, 0.2) is 24.4 Å². The molecule has 3 rings (SSSR count). The van der Waals surface area contributed by atoms with Gasteiger partial charge < -0.3 is 15.9 Å². The zero-order valence-corrected chi connectivity index (χ0v) is 15.2. The molecule has 24 heavy (non-hydrogen) atoms. The van der Waals surface area contributed by atoms with Crippen LogP contribution in [-0.4, -0.2) is 67.0 Å². The lowest BCUT2D eigenvalue weighted by Crippen LogP contribution is -2.57. The number of hydrogen-bond donors (Lipinski definition) is 2. The van der Waals surface area contributed by atoms with Crippen LogP contribution in [0.5, 0.6) is 0 Å². The average molecular weight is 329 g/mol. The van der Waals surface area contributed by atoms with Gasteiger partial charge in [0.15, 0.2) is 7.98 Å². The molecule has 5 nitrogen and oxygen atoms in total. The third-order valence-corrected chi connectivity index (χ3v) is 6.04. The molecule has 2 aliphatic rings. The maximum atomic E-state index is 5.98. The van der Waals surface area contributed by atoms with Gasteiger partial charge in [-0.3, -0.25) is 9.88 Å². The maximum Gasteiger partial charge on any atom is 0.185 e. The van der Waals surface area contributed by atoms with Crippen LogP contribution >= 0.6 is 0 Å². The Balaban J connectivity index is 1.51. The van der Waals surface area contributed by atoms with E-state index in [2.05, 4.69) is 41.0 Å². The maximum absolute atomic E-state index is 5.98. The van der Waals surface area contributed by atoms with E-state index in [1.807, 2.05) is 18.3 Å². The Bertz CT molecular complexity index is 495. The van der Waals surface area contributed by atoms with E-state index in [9.17, 15) is 0 Å². The van der Waals surface area contributed by atoms with Crippen LogP contribution in [0, 0.1) is 0 Å². The van der Waals surface area contributed by atoms with Gasteiger partial charge in [-0.25, -0.2) is 0 Å². The number of nitrogens with zero attached hydrogens (tertiary/aromatic N) is 3. The van der Waals surface area contributed by atoms with E-state index in [0.717, 1.165) is 5.69 Å². The predicted molar refractivity (Wildman–Crippen MR) is 102 cm³/mol. The number of rotatable bonds is 5. The Morgan fingerprint density at radius 3 is 2.58 bits per heavy atom. The molecule has 1 aromatic heterocycles. The minimum absolute atomic E-state index is 0.168. The van der Waals surface area contributed by atoms with Crippen molar-refractivity contribution in [2.45, 2.75) is 50.2 Å². The molecule has 132 valence electrons. The molecule has 0 unspecified atom stereocenters. The van der Waals surface area contributed by atoms with Crippen LogP contribution in [0.3, 0.4) is 0 Å². The summed E-state index contributed by atoms with van der Waals surface area (Å²) in [6, 6.07) is 6.78. The van der Waals surface area contributed by atoms with Gasteiger partial charge in [0.25, 0.3) is 0 Å². The number of nitrogens with one attached hydrogen (secondary N) is 1. The molecule has 0 radical (unpaired) electrons. The minimum Gasteiger partial charge on any atom is -0.349 e. The molecule has 3 N–H and O–H groups in total. The molecule has 1 atom stereocenters. The summed E-state index contributed by atoms with van der Waals surface area (Å²) in [7, 11) is 2.24. The van der Waals surface area contributed by atoms with Crippen LogP contribution in [-0.2, 0) is 0 Å². The fourth-order valence-electron chi connectivity index (χ4n) is 4.14. The topological polar surface area (TPSA) is 57.4 Å². The van der Waals surface area contributed by atoms with Gasteiger partial charge in [0, 0.05) is 37.4 Å². The van der Waals surface area contributed by atoms with Gasteiger partial charge in [-0.05, 0) is 57.8 Å². The smallest absolute Gasteiger partial charge is 0.185 e. The lowest BCUT2D eigenvalue weighted by molar-refractivity contribution is 0.0305. The number of likely N-dealkylation sites (tertiary alicyclic amines) is 1.